The first-order chi connectivity index (χ1) is 18.3. The number of carbonyl (C=O) groups is 1. The number of rotatable bonds is 12. The van der Waals surface area contributed by atoms with Gasteiger partial charge in [0.15, 0.2) is 9.84 Å². The van der Waals surface area contributed by atoms with E-state index in [9.17, 15) is 27.1 Å². The predicted octanol–water partition coefficient (Wildman–Crippen LogP) is 4.30. The summed E-state index contributed by atoms with van der Waals surface area (Å²) in [4.78, 5) is 13.2. The number of carbonyl (C=O) groups excluding carboxylic acids is 1. The number of aryl methyl sites for hydroxylation is 1. The van der Waals surface area contributed by atoms with E-state index in [0.717, 1.165) is 36.4 Å². The van der Waals surface area contributed by atoms with Crippen molar-refractivity contribution in [2.75, 3.05) is 12.8 Å². The van der Waals surface area contributed by atoms with Crippen molar-refractivity contribution in [2.45, 2.75) is 57.1 Å². The van der Waals surface area contributed by atoms with Gasteiger partial charge in [0.1, 0.15) is 11.6 Å². The van der Waals surface area contributed by atoms with E-state index in [0.29, 0.717) is 12.1 Å². The molecule has 0 aromatic heterocycles. The zero-order valence-corrected chi connectivity index (χ0v) is 23.5. The van der Waals surface area contributed by atoms with Gasteiger partial charge in [0.05, 0.1) is 16.9 Å². The molecule has 0 fully saturated rings. The number of aliphatic hydroxyl groups is 1. The fourth-order valence-corrected chi connectivity index (χ4v) is 4.79. The van der Waals surface area contributed by atoms with Crippen LogP contribution in [0.15, 0.2) is 66.7 Å². The van der Waals surface area contributed by atoms with Crippen LogP contribution < -0.4 is 10.6 Å². The smallest absolute Gasteiger partial charge is 0.251 e. The zero-order valence-electron chi connectivity index (χ0n) is 22.7. The van der Waals surface area contributed by atoms with Crippen LogP contribution in [0.2, 0.25) is 0 Å². The van der Waals surface area contributed by atoms with Crippen LogP contribution in [0.4, 0.5) is 8.78 Å². The quantitative estimate of drug-likeness (QED) is 0.308. The summed E-state index contributed by atoms with van der Waals surface area (Å²) >= 11 is 0. The molecule has 9 heteroatoms. The fourth-order valence-electron chi connectivity index (χ4n) is 4.23. The van der Waals surface area contributed by atoms with Gasteiger partial charge in [-0.2, -0.15) is 0 Å². The lowest BCUT2D eigenvalue weighted by atomic mass is 9.98. The molecule has 0 heterocycles. The van der Waals surface area contributed by atoms with Gasteiger partial charge in [0, 0.05) is 31.0 Å². The Hall–Kier alpha value is -3.14. The Balaban J connectivity index is 1.80. The summed E-state index contributed by atoms with van der Waals surface area (Å²) in [5.74, 6) is -2.05. The van der Waals surface area contributed by atoms with Crippen LogP contribution in [0, 0.1) is 11.6 Å². The Morgan fingerprint density at radius 3 is 2.23 bits per heavy atom. The molecule has 3 aromatic carbocycles. The third kappa shape index (κ3) is 8.17. The Labute approximate surface area is 229 Å². The van der Waals surface area contributed by atoms with Gasteiger partial charge in [-0.1, -0.05) is 43.3 Å². The van der Waals surface area contributed by atoms with Gasteiger partial charge in [0.25, 0.3) is 5.91 Å². The molecular weight excluding hydrogens is 522 g/mol. The van der Waals surface area contributed by atoms with Gasteiger partial charge < -0.3 is 15.7 Å². The molecule has 3 rings (SSSR count). The van der Waals surface area contributed by atoms with Crippen molar-refractivity contribution in [3.8, 4) is 0 Å². The topological polar surface area (TPSA) is 95.5 Å². The molecule has 0 saturated carbocycles. The molecule has 0 radical (unpaired) electrons. The van der Waals surface area contributed by atoms with Crippen molar-refractivity contribution in [3.63, 3.8) is 0 Å². The van der Waals surface area contributed by atoms with E-state index in [-0.39, 0.29) is 24.1 Å². The molecule has 3 N–H and O–H groups in total. The fraction of sp³-hybridized carbons (Fsp3) is 0.367. The third-order valence-electron chi connectivity index (χ3n) is 6.99. The first kappa shape index (κ1) is 30.4. The molecule has 0 unspecified atom stereocenters. The van der Waals surface area contributed by atoms with E-state index in [2.05, 4.69) is 23.6 Å². The summed E-state index contributed by atoms with van der Waals surface area (Å²) in [7, 11) is -3.47. The number of benzene rings is 3. The van der Waals surface area contributed by atoms with Crippen molar-refractivity contribution in [1.82, 2.24) is 10.6 Å². The van der Waals surface area contributed by atoms with Crippen LogP contribution in [0.3, 0.4) is 0 Å². The maximum atomic E-state index is 13.9. The van der Waals surface area contributed by atoms with Gasteiger partial charge in [-0.05, 0) is 73.2 Å². The summed E-state index contributed by atoms with van der Waals surface area (Å²) in [6, 6.07) is 16.5. The summed E-state index contributed by atoms with van der Waals surface area (Å²) in [5.41, 5.74) is 3.16. The summed E-state index contributed by atoms with van der Waals surface area (Å²) in [6.45, 7) is 5.79. The molecule has 0 spiro atoms. The average molecular weight is 559 g/mol. The van der Waals surface area contributed by atoms with Crippen molar-refractivity contribution < 1.29 is 27.1 Å². The Kier molecular flexibility index (Phi) is 9.98. The molecule has 2 atom stereocenters. The highest BCUT2D eigenvalue weighted by Crippen LogP contribution is 2.29. The average Bonchev–Trinajstić information content (AvgIpc) is 2.87. The van der Waals surface area contributed by atoms with Crippen LogP contribution in [0.1, 0.15) is 53.4 Å². The second-order valence-electron chi connectivity index (χ2n) is 10.3. The molecule has 6 nitrogen and oxygen atoms in total. The van der Waals surface area contributed by atoms with E-state index in [1.54, 1.807) is 32.0 Å². The number of hydrogen-bond acceptors (Lipinski definition) is 5. The second-order valence-corrected chi connectivity index (χ2v) is 12.9. The minimum Gasteiger partial charge on any atom is -0.390 e. The molecule has 1 amide bonds. The van der Waals surface area contributed by atoms with E-state index in [4.69, 9.17) is 0 Å². The number of halogens is 2. The molecule has 0 aliphatic carbocycles. The van der Waals surface area contributed by atoms with E-state index < -0.39 is 44.3 Å². The normalized spacial score (nSPS) is 13.6. The van der Waals surface area contributed by atoms with Crippen LogP contribution in [-0.2, 0) is 34.0 Å². The molecule has 0 aliphatic heterocycles. The molecule has 39 heavy (non-hydrogen) atoms. The van der Waals surface area contributed by atoms with Crippen LogP contribution in [-0.4, -0.2) is 44.4 Å². The van der Waals surface area contributed by atoms with Crippen LogP contribution in [0.5, 0.6) is 0 Å². The van der Waals surface area contributed by atoms with Crippen molar-refractivity contribution in [1.29, 1.82) is 0 Å². The van der Waals surface area contributed by atoms with Gasteiger partial charge >= 0.3 is 0 Å². The molecular formula is C30H36F2N2O4S. The number of sulfone groups is 1. The monoisotopic (exact) mass is 558 g/mol. The number of nitrogens with one attached hydrogen (secondary N) is 2. The highest BCUT2D eigenvalue weighted by Gasteiger charge is 2.33. The van der Waals surface area contributed by atoms with Gasteiger partial charge in [0.2, 0.25) is 0 Å². The summed E-state index contributed by atoms with van der Waals surface area (Å²) in [5, 5.41) is 17.0. The maximum absolute atomic E-state index is 13.9. The van der Waals surface area contributed by atoms with Crippen molar-refractivity contribution in [3.05, 3.63) is 106 Å². The first-order valence-corrected chi connectivity index (χ1v) is 14.7. The largest absolute Gasteiger partial charge is 0.390 e. The minimum atomic E-state index is -3.47. The minimum absolute atomic E-state index is 0.0247. The molecule has 3 aromatic rings. The second kappa shape index (κ2) is 12.8. The SMILES string of the molecule is CCc1cccc(CNC[C@@H](O)[C@H](Cc2cc(F)cc(F)c2)NC(=O)c2cccc(C(C)(C)S(C)(=O)=O)c2)c1. The maximum Gasteiger partial charge on any atom is 0.251 e. The van der Waals surface area contributed by atoms with E-state index >= 15 is 0 Å². The van der Waals surface area contributed by atoms with Gasteiger partial charge in [-0.3, -0.25) is 4.79 Å². The number of hydrogen-bond donors (Lipinski definition) is 3. The number of aliphatic hydroxyl groups excluding tert-OH is 1. The molecule has 0 bridgehead atoms. The predicted molar refractivity (Wildman–Crippen MR) is 149 cm³/mol. The Bertz CT molecular complexity index is 1390. The lowest BCUT2D eigenvalue weighted by molar-refractivity contribution is 0.0829. The number of amides is 1. The molecule has 210 valence electrons. The van der Waals surface area contributed by atoms with E-state index in [1.165, 1.54) is 11.6 Å². The van der Waals surface area contributed by atoms with Gasteiger partial charge in [-0.25, -0.2) is 17.2 Å². The third-order valence-corrected chi connectivity index (χ3v) is 9.08. The Morgan fingerprint density at radius 1 is 0.949 bits per heavy atom. The molecule has 0 saturated heterocycles. The standard InChI is InChI=1S/C30H36F2N2O4S/c1-5-20-8-6-9-21(12-20)18-33-19-28(35)27(15-22-13-25(31)17-26(32)14-22)34-29(36)23-10-7-11-24(16-23)30(2,3)39(4,37)38/h6-14,16-17,27-28,33,35H,5,15,18-19H2,1-4H3,(H,34,36)/t27-,28+/m0/s1. The lowest BCUT2D eigenvalue weighted by Crippen LogP contribution is -2.48. The zero-order chi connectivity index (χ0) is 28.8. The van der Waals surface area contributed by atoms with Gasteiger partial charge in [-0.15, -0.1) is 0 Å². The highest BCUT2D eigenvalue weighted by molar-refractivity contribution is 7.91. The van der Waals surface area contributed by atoms with E-state index in [1.807, 2.05) is 18.2 Å². The Morgan fingerprint density at radius 2 is 1.59 bits per heavy atom. The lowest BCUT2D eigenvalue weighted by Gasteiger charge is -2.26. The molecule has 0 aliphatic rings. The first-order valence-electron chi connectivity index (χ1n) is 12.8. The van der Waals surface area contributed by atoms with Crippen molar-refractivity contribution >= 4 is 15.7 Å². The summed E-state index contributed by atoms with van der Waals surface area (Å²) < 4.78 is 51.1. The van der Waals surface area contributed by atoms with Crippen molar-refractivity contribution in [2.24, 2.45) is 0 Å². The highest BCUT2D eigenvalue weighted by atomic mass is 32.2. The van der Waals surface area contributed by atoms with Crippen LogP contribution >= 0.6 is 0 Å². The van der Waals surface area contributed by atoms with Crippen LogP contribution in [0.25, 0.3) is 0 Å². The summed E-state index contributed by atoms with van der Waals surface area (Å²) in [6.07, 6.45) is 0.918.